The molecule has 0 saturated carbocycles. The number of hydrogen-bond donors (Lipinski definition) is 0. The molecule has 1 heteroatoms. The van der Waals surface area contributed by atoms with Crippen molar-refractivity contribution < 1.29 is 0 Å². The van der Waals surface area contributed by atoms with Gasteiger partial charge in [0.15, 0.2) is 0 Å². The second-order valence-electron chi connectivity index (χ2n) is 2.27. The Kier molecular flexibility index (Phi) is 2.10. The summed E-state index contributed by atoms with van der Waals surface area (Å²) < 4.78 is 0. The summed E-state index contributed by atoms with van der Waals surface area (Å²) in [4.78, 5) is 2.43. The molecule has 0 bridgehead atoms. The number of nitrogens with zero attached hydrogens (tertiary/aromatic N) is 1. The van der Waals surface area contributed by atoms with Gasteiger partial charge in [-0.1, -0.05) is 6.08 Å². The minimum atomic E-state index is 1.18. The van der Waals surface area contributed by atoms with Crippen molar-refractivity contribution in [1.82, 2.24) is 4.90 Å². The van der Waals surface area contributed by atoms with Crippen LogP contribution in [0.2, 0.25) is 0 Å². The molecule has 46 valence electrons. The second kappa shape index (κ2) is 2.88. The Morgan fingerprint density at radius 3 is 2.75 bits per heavy atom. The Morgan fingerprint density at radius 1 is 1.50 bits per heavy atom. The van der Waals surface area contributed by atoms with E-state index in [1.807, 2.05) is 6.08 Å². The zero-order valence-corrected chi connectivity index (χ0v) is 5.27. The van der Waals surface area contributed by atoms with Crippen LogP contribution in [0.15, 0.2) is 12.7 Å². The number of unbranched alkanes of at least 4 members (excludes halogenated alkanes) is 1. The predicted octanol–water partition coefficient (Wildman–Crippen LogP) is 1.27. The number of allylic oxidation sites excluding steroid dienone is 1. The summed E-state index contributed by atoms with van der Waals surface area (Å²) in [6, 6.07) is 0. The van der Waals surface area contributed by atoms with Gasteiger partial charge in [0.05, 0.1) is 0 Å². The average Bonchev–Trinajstić information content (AvgIpc) is 2.51. The molecule has 1 aliphatic heterocycles. The van der Waals surface area contributed by atoms with Crippen LogP contribution in [-0.4, -0.2) is 24.5 Å². The predicted molar refractivity (Wildman–Crippen MR) is 35.9 cm³/mol. The molecule has 0 N–H and O–H groups in total. The minimum absolute atomic E-state index is 1.18. The largest absolute Gasteiger partial charge is 0.301 e. The van der Waals surface area contributed by atoms with E-state index in [-0.39, 0.29) is 0 Å². The number of rotatable bonds is 4. The zero-order chi connectivity index (χ0) is 5.82. The summed E-state index contributed by atoms with van der Waals surface area (Å²) >= 11 is 0. The first kappa shape index (κ1) is 5.83. The molecule has 1 nitrogen and oxygen atoms in total. The van der Waals surface area contributed by atoms with Gasteiger partial charge in [-0.15, -0.1) is 6.58 Å². The van der Waals surface area contributed by atoms with Crippen molar-refractivity contribution in [1.29, 1.82) is 0 Å². The van der Waals surface area contributed by atoms with E-state index in [1.165, 1.54) is 32.5 Å². The lowest BCUT2D eigenvalue weighted by Gasteiger charge is -1.94. The molecule has 1 aliphatic rings. The van der Waals surface area contributed by atoms with Crippen molar-refractivity contribution in [2.24, 2.45) is 0 Å². The van der Waals surface area contributed by atoms with Crippen LogP contribution < -0.4 is 0 Å². The Hall–Kier alpha value is -0.300. The third kappa shape index (κ3) is 2.12. The van der Waals surface area contributed by atoms with Crippen molar-refractivity contribution >= 4 is 0 Å². The molecule has 0 aromatic carbocycles. The highest BCUT2D eigenvalue weighted by molar-refractivity contribution is 4.74. The van der Waals surface area contributed by atoms with Crippen molar-refractivity contribution in [3.8, 4) is 0 Å². The molecule has 0 radical (unpaired) electrons. The molecular weight excluding hydrogens is 98.1 g/mol. The average molecular weight is 111 g/mol. The Bertz CT molecular complexity index is 74.5. The molecule has 1 heterocycles. The fourth-order valence-corrected chi connectivity index (χ4v) is 0.754. The Morgan fingerprint density at radius 2 is 2.25 bits per heavy atom. The lowest BCUT2D eigenvalue weighted by Crippen LogP contribution is -1.96. The third-order valence-electron chi connectivity index (χ3n) is 1.42. The summed E-state index contributed by atoms with van der Waals surface area (Å²) in [5.74, 6) is 0. The molecule has 1 saturated heterocycles. The van der Waals surface area contributed by atoms with Crippen LogP contribution in [0.5, 0.6) is 0 Å². The lowest BCUT2D eigenvalue weighted by molar-refractivity contribution is 0.538. The summed E-state index contributed by atoms with van der Waals surface area (Å²) in [7, 11) is 0. The topological polar surface area (TPSA) is 3.01 Å². The van der Waals surface area contributed by atoms with E-state index in [0.29, 0.717) is 0 Å². The molecule has 8 heavy (non-hydrogen) atoms. The van der Waals surface area contributed by atoms with E-state index in [9.17, 15) is 0 Å². The van der Waals surface area contributed by atoms with E-state index in [1.54, 1.807) is 0 Å². The van der Waals surface area contributed by atoms with Crippen molar-refractivity contribution in [3.05, 3.63) is 12.7 Å². The van der Waals surface area contributed by atoms with Gasteiger partial charge >= 0.3 is 0 Å². The van der Waals surface area contributed by atoms with Gasteiger partial charge in [-0.2, -0.15) is 0 Å². The van der Waals surface area contributed by atoms with Crippen molar-refractivity contribution in [2.75, 3.05) is 19.6 Å². The van der Waals surface area contributed by atoms with Crippen LogP contribution in [0.1, 0.15) is 12.8 Å². The monoisotopic (exact) mass is 111 g/mol. The molecular formula is C7H13N. The van der Waals surface area contributed by atoms with E-state index in [4.69, 9.17) is 0 Å². The van der Waals surface area contributed by atoms with Gasteiger partial charge in [0, 0.05) is 13.1 Å². The summed E-state index contributed by atoms with van der Waals surface area (Å²) in [5.41, 5.74) is 0. The fraction of sp³-hybridized carbons (Fsp3) is 0.714. The summed E-state index contributed by atoms with van der Waals surface area (Å²) in [5, 5.41) is 0. The van der Waals surface area contributed by atoms with E-state index in [0.717, 1.165) is 0 Å². The quantitative estimate of drug-likeness (QED) is 0.300. The minimum Gasteiger partial charge on any atom is -0.301 e. The summed E-state index contributed by atoms with van der Waals surface area (Å²) in [6.45, 7) is 7.60. The zero-order valence-electron chi connectivity index (χ0n) is 5.27. The number of hydrogen-bond acceptors (Lipinski definition) is 1. The van der Waals surface area contributed by atoms with Gasteiger partial charge in [0.1, 0.15) is 0 Å². The summed E-state index contributed by atoms with van der Waals surface area (Å²) in [6.07, 6.45) is 4.46. The van der Waals surface area contributed by atoms with Gasteiger partial charge in [0.25, 0.3) is 0 Å². The molecule has 0 aromatic heterocycles. The SMILES string of the molecule is C=CCCCN1CC1. The van der Waals surface area contributed by atoms with Crippen LogP contribution in [0.25, 0.3) is 0 Å². The first-order valence-electron chi connectivity index (χ1n) is 3.27. The maximum atomic E-state index is 3.66. The van der Waals surface area contributed by atoms with Gasteiger partial charge in [-0.3, -0.25) is 0 Å². The smallest absolute Gasteiger partial charge is 0.0110 e. The highest BCUT2D eigenvalue weighted by Gasteiger charge is 2.14. The van der Waals surface area contributed by atoms with Crippen LogP contribution in [0.4, 0.5) is 0 Å². The van der Waals surface area contributed by atoms with Gasteiger partial charge in [0.2, 0.25) is 0 Å². The molecule has 0 atom stereocenters. The van der Waals surface area contributed by atoms with Gasteiger partial charge in [-0.05, 0) is 19.4 Å². The fourth-order valence-electron chi connectivity index (χ4n) is 0.754. The third-order valence-corrected chi connectivity index (χ3v) is 1.42. The normalized spacial score (nSPS) is 18.5. The van der Waals surface area contributed by atoms with Crippen LogP contribution in [0, 0.1) is 0 Å². The molecule has 1 rings (SSSR count). The standard InChI is InChI=1S/C7H13N/c1-2-3-4-5-8-6-7-8/h2H,1,3-7H2. The first-order valence-corrected chi connectivity index (χ1v) is 3.27. The molecule has 1 fully saturated rings. The maximum absolute atomic E-state index is 3.66. The molecule has 0 aliphatic carbocycles. The van der Waals surface area contributed by atoms with E-state index in [2.05, 4.69) is 11.5 Å². The van der Waals surface area contributed by atoms with Gasteiger partial charge < -0.3 is 4.90 Å². The van der Waals surface area contributed by atoms with Gasteiger partial charge in [-0.25, -0.2) is 0 Å². The first-order chi connectivity index (χ1) is 3.93. The lowest BCUT2D eigenvalue weighted by atomic mass is 10.3. The molecule has 0 aromatic rings. The van der Waals surface area contributed by atoms with Crippen molar-refractivity contribution in [3.63, 3.8) is 0 Å². The van der Waals surface area contributed by atoms with Crippen LogP contribution >= 0.6 is 0 Å². The highest BCUT2D eigenvalue weighted by Crippen LogP contribution is 2.04. The highest BCUT2D eigenvalue weighted by atomic mass is 15.2. The van der Waals surface area contributed by atoms with E-state index >= 15 is 0 Å². The van der Waals surface area contributed by atoms with Crippen LogP contribution in [-0.2, 0) is 0 Å². The second-order valence-corrected chi connectivity index (χ2v) is 2.27. The Balaban J connectivity index is 1.80. The maximum Gasteiger partial charge on any atom is 0.0110 e. The van der Waals surface area contributed by atoms with Crippen LogP contribution in [0.3, 0.4) is 0 Å². The molecule has 0 spiro atoms. The molecule has 0 amide bonds. The van der Waals surface area contributed by atoms with Crippen molar-refractivity contribution in [2.45, 2.75) is 12.8 Å². The molecule has 0 unspecified atom stereocenters. The Labute approximate surface area is 51.0 Å². The van der Waals surface area contributed by atoms with E-state index < -0.39 is 0 Å².